The van der Waals surface area contributed by atoms with E-state index in [2.05, 4.69) is 34.5 Å². The van der Waals surface area contributed by atoms with Crippen molar-refractivity contribution in [1.82, 2.24) is 10.2 Å². The third-order valence-electron chi connectivity index (χ3n) is 3.66. The minimum atomic E-state index is 0.637. The highest BCUT2D eigenvalue weighted by molar-refractivity contribution is 5.22. The lowest BCUT2D eigenvalue weighted by Gasteiger charge is -2.48. The summed E-state index contributed by atoms with van der Waals surface area (Å²) < 4.78 is 0. The molecule has 2 atom stereocenters. The summed E-state index contributed by atoms with van der Waals surface area (Å²) >= 11 is 0. The highest BCUT2D eigenvalue weighted by Gasteiger charge is 2.35. The molecule has 3 heteroatoms. The van der Waals surface area contributed by atoms with Crippen molar-refractivity contribution in [2.45, 2.75) is 31.6 Å². The molecule has 1 aromatic rings. The Bertz CT molecular complexity index is 344. The summed E-state index contributed by atoms with van der Waals surface area (Å²) in [5.41, 5.74) is 8.21. The monoisotopic (exact) mass is 217 g/mol. The normalized spacial score (nSPS) is 28.8. The van der Waals surface area contributed by atoms with Crippen LogP contribution in [0.25, 0.3) is 0 Å². The number of piperidine rings is 1. The van der Waals surface area contributed by atoms with Crippen LogP contribution < -0.4 is 11.1 Å². The summed E-state index contributed by atoms with van der Waals surface area (Å²) in [7, 11) is 0. The Labute approximate surface area is 96.6 Å². The van der Waals surface area contributed by atoms with Crippen molar-refractivity contribution >= 4 is 0 Å². The fourth-order valence-corrected chi connectivity index (χ4v) is 2.77. The first-order chi connectivity index (χ1) is 7.83. The van der Waals surface area contributed by atoms with E-state index in [1.807, 2.05) is 0 Å². The molecule has 86 valence electrons. The molecule has 0 radical (unpaired) electrons. The number of rotatable bonds is 3. The van der Waals surface area contributed by atoms with Crippen LogP contribution in [0, 0.1) is 0 Å². The molecular weight excluding hydrogens is 198 g/mol. The molecule has 2 bridgehead atoms. The molecule has 0 spiro atoms. The van der Waals surface area contributed by atoms with Crippen molar-refractivity contribution in [3.8, 4) is 0 Å². The molecule has 3 N–H and O–H groups in total. The van der Waals surface area contributed by atoms with Crippen LogP contribution in [0.2, 0.25) is 0 Å². The van der Waals surface area contributed by atoms with E-state index in [4.69, 9.17) is 5.73 Å². The van der Waals surface area contributed by atoms with Gasteiger partial charge in [0.1, 0.15) is 0 Å². The highest BCUT2D eigenvalue weighted by Crippen LogP contribution is 2.22. The molecule has 3 fully saturated rings. The molecule has 0 amide bonds. The van der Waals surface area contributed by atoms with Crippen LogP contribution in [0.4, 0.5) is 0 Å². The molecule has 1 aromatic carbocycles. The van der Waals surface area contributed by atoms with Gasteiger partial charge in [0, 0.05) is 38.3 Å². The average molecular weight is 217 g/mol. The zero-order valence-corrected chi connectivity index (χ0v) is 9.52. The van der Waals surface area contributed by atoms with Gasteiger partial charge >= 0.3 is 0 Å². The van der Waals surface area contributed by atoms with E-state index >= 15 is 0 Å². The first kappa shape index (κ1) is 10.3. The van der Waals surface area contributed by atoms with E-state index in [9.17, 15) is 0 Å². The number of benzene rings is 1. The fourth-order valence-electron chi connectivity index (χ4n) is 2.77. The first-order valence-corrected chi connectivity index (χ1v) is 6.10. The molecule has 0 aliphatic carbocycles. The van der Waals surface area contributed by atoms with E-state index < -0.39 is 0 Å². The highest BCUT2D eigenvalue weighted by atomic mass is 15.3. The third kappa shape index (κ3) is 1.98. The molecule has 16 heavy (non-hydrogen) atoms. The van der Waals surface area contributed by atoms with Crippen molar-refractivity contribution < 1.29 is 0 Å². The maximum absolute atomic E-state index is 5.59. The molecule has 4 rings (SSSR count). The van der Waals surface area contributed by atoms with Crippen LogP contribution in [-0.4, -0.2) is 30.1 Å². The van der Waals surface area contributed by atoms with Crippen molar-refractivity contribution in [1.29, 1.82) is 0 Å². The molecule has 2 unspecified atom stereocenters. The van der Waals surface area contributed by atoms with Crippen LogP contribution in [-0.2, 0) is 13.1 Å². The Morgan fingerprint density at radius 1 is 1.12 bits per heavy atom. The lowest BCUT2D eigenvalue weighted by Crippen LogP contribution is -2.66. The van der Waals surface area contributed by atoms with E-state index in [0.29, 0.717) is 6.54 Å². The van der Waals surface area contributed by atoms with Crippen LogP contribution in [0.1, 0.15) is 17.5 Å². The summed E-state index contributed by atoms with van der Waals surface area (Å²) in [5, 5.41) is 3.55. The van der Waals surface area contributed by atoms with Gasteiger partial charge in [-0.25, -0.2) is 0 Å². The minimum Gasteiger partial charge on any atom is -0.326 e. The Morgan fingerprint density at radius 2 is 1.69 bits per heavy atom. The number of nitrogens with zero attached hydrogens (tertiary/aromatic N) is 1. The maximum Gasteiger partial charge on any atom is 0.0235 e. The van der Waals surface area contributed by atoms with E-state index in [0.717, 1.165) is 18.6 Å². The average Bonchev–Trinajstić information content (AvgIpc) is 2.29. The lowest BCUT2D eigenvalue weighted by molar-refractivity contribution is 0.0726. The summed E-state index contributed by atoms with van der Waals surface area (Å²) in [6.07, 6.45) is 1.38. The number of nitrogens with one attached hydrogen (secondary N) is 1. The van der Waals surface area contributed by atoms with Gasteiger partial charge in [-0.2, -0.15) is 0 Å². The predicted molar refractivity (Wildman–Crippen MR) is 64.9 cm³/mol. The molecule has 3 nitrogen and oxygen atoms in total. The largest absolute Gasteiger partial charge is 0.326 e. The number of piperazine rings is 1. The maximum atomic E-state index is 5.59. The standard InChI is InChI=1S/C13H19N3/c14-6-10-1-3-11(4-2-10)7-16-8-12-5-13(9-16)15-12/h1-4,12-13,15H,5-9,14H2. The van der Waals surface area contributed by atoms with Crippen LogP contribution in [0.3, 0.4) is 0 Å². The molecule has 3 aliphatic rings. The smallest absolute Gasteiger partial charge is 0.0235 e. The lowest BCUT2D eigenvalue weighted by atomic mass is 9.91. The summed E-state index contributed by atoms with van der Waals surface area (Å²) in [4.78, 5) is 2.55. The molecule has 0 aromatic heterocycles. The van der Waals surface area contributed by atoms with Crippen molar-refractivity contribution in [3.63, 3.8) is 0 Å². The second-order valence-corrected chi connectivity index (χ2v) is 5.01. The minimum absolute atomic E-state index is 0.637. The van der Waals surface area contributed by atoms with Crippen LogP contribution in [0.5, 0.6) is 0 Å². The van der Waals surface area contributed by atoms with Crippen molar-refractivity contribution in [2.75, 3.05) is 13.1 Å². The van der Waals surface area contributed by atoms with Crippen molar-refractivity contribution in [2.24, 2.45) is 5.73 Å². The molecule has 3 saturated heterocycles. The molecule has 3 aliphatic heterocycles. The van der Waals surface area contributed by atoms with E-state index in [1.165, 1.54) is 30.6 Å². The Morgan fingerprint density at radius 3 is 2.25 bits per heavy atom. The van der Waals surface area contributed by atoms with Crippen LogP contribution in [0.15, 0.2) is 24.3 Å². The summed E-state index contributed by atoms with van der Waals surface area (Å²) in [6.45, 7) is 4.13. The molecule has 0 saturated carbocycles. The van der Waals surface area contributed by atoms with Gasteiger partial charge < -0.3 is 11.1 Å². The topological polar surface area (TPSA) is 41.3 Å². The van der Waals surface area contributed by atoms with Gasteiger partial charge in [-0.1, -0.05) is 24.3 Å². The molecule has 3 heterocycles. The van der Waals surface area contributed by atoms with E-state index in [-0.39, 0.29) is 0 Å². The second kappa shape index (κ2) is 4.17. The molecular formula is C13H19N3. The SMILES string of the molecule is NCc1ccc(CN2CC3CC(C2)N3)cc1. The number of fused-ring (bicyclic) bond motifs is 2. The predicted octanol–water partition coefficient (Wildman–Crippen LogP) is 0.691. The summed E-state index contributed by atoms with van der Waals surface area (Å²) in [5.74, 6) is 0. The van der Waals surface area contributed by atoms with Crippen molar-refractivity contribution in [3.05, 3.63) is 35.4 Å². The van der Waals surface area contributed by atoms with Gasteiger partial charge in [0.05, 0.1) is 0 Å². The first-order valence-electron chi connectivity index (χ1n) is 6.10. The van der Waals surface area contributed by atoms with Gasteiger partial charge in [0.2, 0.25) is 0 Å². The second-order valence-electron chi connectivity index (χ2n) is 5.01. The quantitative estimate of drug-likeness (QED) is 0.783. The van der Waals surface area contributed by atoms with Gasteiger partial charge in [-0.05, 0) is 17.5 Å². The van der Waals surface area contributed by atoms with Crippen LogP contribution >= 0.6 is 0 Å². The van der Waals surface area contributed by atoms with Gasteiger partial charge in [0.15, 0.2) is 0 Å². The van der Waals surface area contributed by atoms with Gasteiger partial charge in [-0.15, -0.1) is 0 Å². The number of nitrogens with two attached hydrogens (primary N) is 1. The zero-order valence-electron chi connectivity index (χ0n) is 9.52. The Balaban J connectivity index is 1.60. The van der Waals surface area contributed by atoms with Gasteiger partial charge in [0.25, 0.3) is 0 Å². The zero-order chi connectivity index (χ0) is 11.0. The van der Waals surface area contributed by atoms with Gasteiger partial charge in [-0.3, -0.25) is 4.90 Å². The fraction of sp³-hybridized carbons (Fsp3) is 0.538. The Hall–Kier alpha value is -0.900. The number of hydrogen-bond donors (Lipinski definition) is 2. The van der Waals surface area contributed by atoms with E-state index in [1.54, 1.807) is 0 Å². The third-order valence-corrected chi connectivity index (χ3v) is 3.66. The number of hydrogen-bond acceptors (Lipinski definition) is 3. The summed E-state index contributed by atoms with van der Waals surface area (Å²) in [6, 6.07) is 10.2. The Kier molecular flexibility index (Phi) is 2.67.